The molecular weight excluding hydrogens is 580 g/mol. The van der Waals surface area contributed by atoms with Crippen LogP contribution in [-0.2, 0) is 16.1 Å². The van der Waals surface area contributed by atoms with Crippen LogP contribution < -0.4 is 24.4 Å². The van der Waals surface area contributed by atoms with Crippen LogP contribution in [0.25, 0.3) is 6.08 Å². The van der Waals surface area contributed by atoms with Gasteiger partial charge in [-0.25, -0.2) is 14.6 Å². The molecule has 0 spiro atoms. The van der Waals surface area contributed by atoms with E-state index >= 15 is 0 Å². The highest BCUT2D eigenvalue weighted by Gasteiger charge is 2.35. The molecule has 2 heterocycles. The summed E-state index contributed by atoms with van der Waals surface area (Å²) in [5, 5.41) is 9.21. The number of thiazole rings is 1. The summed E-state index contributed by atoms with van der Waals surface area (Å²) in [6.07, 6.45) is 3.10. The third-order valence-electron chi connectivity index (χ3n) is 7.08. The van der Waals surface area contributed by atoms with Crippen LogP contribution in [0.1, 0.15) is 59.8 Å². The van der Waals surface area contributed by atoms with Crippen molar-refractivity contribution in [2.75, 3.05) is 13.7 Å². The molecule has 0 fully saturated rings. The molecule has 226 valence electrons. The number of nitrogens with zero attached hydrogens (tertiary/aromatic N) is 2. The van der Waals surface area contributed by atoms with Gasteiger partial charge in [-0.2, -0.15) is 0 Å². The second-order valence-corrected chi connectivity index (χ2v) is 11.0. The first-order chi connectivity index (χ1) is 21.3. The van der Waals surface area contributed by atoms with Gasteiger partial charge in [-0.15, -0.1) is 0 Å². The maximum absolute atomic E-state index is 14.0. The number of carboxylic acid groups (broad SMARTS) is 1. The zero-order chi connectivity index (χ0) is 31.2. The molecule has 5 rings (SSSR count). The molecular formula is C34H32N2O7S. The van der Waals surface area contributed by atoms with Crippen LogP contribution in [0.3, 0.4) is 0 Å². The molecule has 0 radical (unpaired) electrons. The van der Waals surface area contributed by atoms with Gasteiger partial charge in [0, 0.05) is 5.56 Å². The Balaban J connectivity index is 1.52. The van der Waals surface area contributed by atoms with E-state index in [1.807, 2.05) is 37.3 Å². The average Bonchev–Trinajstić information content (AvgIpc) is 3.34. The minimum Gasteiger partial charge on any atom is -0.496 e. The second-order valence-electron chi connectivity index (χ2n) is 10.0. The smallest absolute Gasteiger partial charge is 0.338 e. The minimum absolute atomic E-state index is 0.194. The molecule has 1 aliphatic rings. The van der Waals surface area contributed by atoms with Gasteiger partial charge in [0.25, 0.3) is 5.56 Å². The van der Waals surface area contributed by atoms with Gasteiger partial charge >= 0.3 is 11.9 Å². The number of carbonyl (C=O) groups excluding carboxylic acids is 1. The van der Waals surface area contributed by atoms with E-state index in [1.54, 1.807) is 61.1 Å². The number of hydrogen-bond acceptors (Lipinski definition) is 8. The number of ether oxygens (including phenoxy) is 3. The third-order valence-corrected chi connectivity index (χ3v) is 8.07. The number of esters is 1. The summed E-state index contributed by atoms with van der Waals surface area (Å²) >= 11 is 1.26. The molecule has 0 aliphatic carbocycles. The highest BCUT2D eigenvalue weighted by molar-refractivity contribution is 7.07. The Hall–Kier alpha value is -4.96. The van der Waals surface area contributed by atoms with E-state index in [1.165, 1.54) is 17.4 Å². The van der Waals surface area contributed by atoms with Gasteiger partial charge in [0.1, 0.15) is 24.1 Å². The van der Waals surface area contributed by atoms with Gasteiger partial charge in [-0.3, -0.25) is 9.36 Å². The Kier molecular flexibility index (Phi) is 9.40. The van der Waals surface area contributed by atoms with Crippen molar-refractivity contribution in [3.05, 3.63) is 126 Å². The number of para-hydroxylation sites is 1. The first-order valence-corrected chi connectivity index (χ1v) is 15.1. The molecule has 0 saturated carbocycles. The van der Waals surface area contributed by atoms with Gasteiger partial charge in [0.15, 0.2) is 4.80 Å². The second kappa shape index (κ2) is 13.6. The van der Waals surface area contributed by atoms with Crippen LogP contribution >= 0.6 is 11.3 Å². The van der Waals surface area contributed by atoms with Gasteiger partial charge in [0.2, 0.25) is 0 Å². The lowest BCUT2D eigenvalue weighted by Crippen LogP contribution is -2.40. The first kappa shape index (κ1) is 30.5. The minimum atomic E-state index is -0.991. The lowest BCUT2D eigenvalue weighted by atomic mass is 9.93. The predicted molar refractivity (Wildman–Crippen MR) is 167 cm³/mol. The van der Waals surface area contributed by atoms with E-state index in [0.29, 0.717) is 44.1 Å². The molecule has 0 bridgehead atoms. The summed E-state index contributed by atoms with van der Waals surface area (Å²) in [4.78, 5) is 43.9. The fraction of sp³-hybridized carbons (Fsp3) is 0.235. The molecule has 9 nitrogen and oxygen atoms in total. The molecule has 1 aliphatic heterocycles. The Morgan fingerprint density at radius 3 is 2.52 bits per heavy atom. The third kappa shape index (κ3) is 6.35. The van der Waals surface area contributed by atoms with Crippen molar-refractivity contribution in [3.8, 4) is 11.5 Å². The predicted octanol–water partition coefficient (Wildman–Crippen LogP) is 4.86. The zero-order valence-electron chi connectivity index (χ0n) is 24.6. The maximum Gasteiger partial charge on any atom is 0.338 e. The molecule has 10 heteroatoms. The largest absolute Gasteiger partial charge is 0.496 e. The molecule has 4 aromatic rings. The number of allylic oxidation sites excluding steroid dienone is 1. The quantitative estimate of drug-likeness (QED) is 0.241. The van der Waals surface area contributed by atoms with Crippen molar-refractivity contribution in [2.24, 2.45) is 4.99 Å². The van der Waals surface area contributed by atoms with E-state index in [2.05, 4.69) is 0 Å². The average molecular weight is 613 g/mol. The molecule has 1 atom stereocenters. The molecule has 1 N–H and O–H groups in total. The molecule has 0 amide bonds. The van der Waals surface area contributed by atoms with Crippen molar-refractivity contribution in [1.29, 1.82) is 0 Å². The van der Waals surface area contributed by atoms with Crippen LogP contribution in [0.5, 0.6) is 11.5 Å². The highest BCUT2D eigenvalue weighted by atomic mass is 32.1. The summed E-state index contributed by atoms with van der Waals surface area (Å²) in [5.41, 5.74) is 3.06. The maximum atomic E-state index is 14.0. The number of rotatable bonds is 11. The van der Waals surface area contributed by atoms with Gasteiger partial charge < -0.3 is 19.3 Å². The summed E-state index contributed by atoms with van der Waals surface area (Å²) in [5.74, 6) is -0.342. The van der Waals surface area contributed by atoms with Crippen LogP contribution in [-0.4, -0.2) is 35.3 Å². The topological polar surface area (TPSA) is 116 Å². The van der Waals surface area contributed by atoms with E-state index < -0.39 is 18.0 Å². The fourth-order valence-corrected chi connectivity index (χ4v) is 6.10. The molecule has 0 saturated heterocycles. The number of fused-ring (bicyclic) bond motifs is 1. The number of hydrogen-bond donors (Lipinski definition) is 1. The summed E-state index contributed by atoms with van der Waals surface area (Å²) in [6, 6.07) is 20.4. The summed E-state index contributed by atoms with van der Waals surface area (Å²) < 4.78 is 19.0. The number of carboxylic acids is 1. The van der Waals surface area contributed by atoms with Crippen LogP contribution in [0, 0.1) is 0 Å². The van der Waals surface area contributed by atoms with E-state index in [9.17, 15) is 19.5 Å². The van der Waals surface area contributed by atoms with E-state index in [4.69, 9.17) is 19.2 Å². The Labute approximate surface area is 258 Å². The van der Waals surface area contributed by atoms with Gasteiger partial charge in [-0.1, -0.05) is 67.1 Å². The number of benzene rings is 3. The number of methoxy groups -OCH3 is 1. The summed E-state index contributed by atoms with van der Waals surface area (Å²) in [6.45, 7) is 4.17. The normalized spacial score (nSPS) is 14.5. The van der Waals surface area contributed by atoms with Crippen LogP contribution in [0.15, 0.2) is 93.9 Å². The zero-order valence-corrected chi connectivity index (χ0v) is 25.4. The fourth-order valence-electron chi connectivity index (χ4n) is 5.08. The first-order valence-electron chi connectivity index (χ1n) is 14.2. The molecule has 1 aromatic heterocycles. The molecule has 0 unspecified atom stereocenters. The van der Waals surface area contributed by atoms with Crippen LogP contribution in [0.4, 0.5) is 0 Å². The van der Waals surface area contributed by atoms with Crippen LogP contribution in [0.2, 0.25) is 0 Å². The SMILES string of the molecule is CCCC1=C(C(=O)OCC)[C@H](c2ccccc2OC)n2c(s/c(=C\c3ccc(OCc4cccc(C(=O)O)c4)cc3)c2=O)=N1. The van der Waals surface area contributed by atoms with Crippen molar-refractivity contribution < 1.29 is 28.9 Å². The number of carbonyl (C=O) groups is 2. The van der Waals surface area contributed by atoms with Gasteiger partial charge in [-0.05, 0) is 60.9 Å². The Bertz CT molecular complexity index is 1900. The standard InChI is InChI=1S/C34H32N2O7S/c1-4-9-26-29(33(40)42-5-2)30(25-12-6-7-13-27(25)41-3)36-31(37)28(44-34(36)35-26)19-21-14-16-24(17-15-21)43-20-22-10-8-11-23(18-22)32(38)39/h6-8,10-19,30H,4-5,9,20H2,1-3H3,(H,38,39)/b28-19-/t30-/m0/s1. The molecule has 44 heavy (non-hydrogen) atoms. The van der Waals surface area contributed by atoms with E-state index in [0.717, 1.165) is 17.5 Å². The Morgan fingerprint density at radius 1 is 1.05 bits per heavy atom. The van der Waals surface area contributed by atoms with Crippen molar-refractivity contribution in [1.82, 2.24) is 4.57 Å². The number of aromatic carboxylic acids is 1. The van der Waals surface area contributed by atoms with Crippen molar-refractivity contribution >= 4 is 29.4 Å². The van der Waals surface area contributed by atoms with E-state index in [-0.39, 0.29) is 24.3 Å². The van der Waals surface area contributed by atoms with Crippen molar-refractivity contribution in [3.63, 3.8) is 0 Å². The number of aromatic nitrogens is 1. The lowest BCUT2D eigenvalue weighted by molar-refractivity contribution is -0.139. The summed E-state index contributed by atoms with van der Waals surface area (Å²) in [7, 11) is 1.56. The lowest BCUT2D eigenvalue weighted by Gasteiger charge is -2.26. The highest BCUT2D eigenvalue weighted by Crippen LogP contribution is 2.36. The van der Waals surface area contributed by atoms with Gasteiger partial charge in [0.05, 0.1) is 35.1 Å². The van der Waals surface area contributed by atoms with Crippen molar-refractivity contribution in [2.45, 2.75) is 39.3 Å². The monoisotopic (exact) mass is 612 g/mol. The Morgan fingerprint density at radius 2 is 1.82 bits per heavy atom. The molecule has 3 aromatic carbocycles.